The smallest absolute Gasteiger partial charge is 0.129 e. The quantitative estimate of drug-likeness (QED) is 0.716. The summed E-state index contributed by atoms with van der Waals surface area (Å²) in [6.45, 7) is 7.81. The largest absolute Gasteiger partial charge is 0.369 e. The molecule has 1 N–H and O–H groups in total. The average molecular weight is 221 g/mol. The highest BCUT2D eigenvalue weighted by atomic mass is 15.0. The lowest BCUT2D eigenvalue weighted by Crippen LogP contribution is -2.23. The van der Waals surface area contributed by atoms with E-state index in [1.165, 1.54) is 25.7 Å². The predicted octanol–water partition coefficient (Wildman–Crippen LogP) is 3.50. The molecular weight excluding hydrogens is 198 g/mol. The fourth-order valence-corrected chi connectivity index (χ4v) is 1.67. The van der Waals surface area contributed by atoms with E-state index in [1.807, 2.05) is 6.07 Å². The van der Waals surface area contributed by atoms with Gasteiger partial charge < -0.3 is 5.32 Å². The summed E-state index contributed by atoms with van der Waals surface area (Å²) in [5.74, 6) is 0.915. The monoisotopic (exact) mass is 221 g/mol. The number of anilines is 1. The van der Waals surface area contributed by atoms with Gasteiger partial charge in [-0.3, -0.25) is 0 Å². The summed E-state index contributed by atoms with van der Waals surface area (Å²) in [5.41, 5.74) is 0.333. The molecular formula is C13H23N3. The second-order valence-electron chi connectivity index (χ2n) is 5.07. The van der Waals surface area contributed by atoms with E-state index in [1.54, 1.807) is 12.5 Å². The summed E-state index contributed by atoms with van der Waals surface area (Å²) in [4.78, 5) is 8.06. The molecule has 1 rings (SSSR count). The minimum absolute atomic E-state index is 0.333. The standard InChI is InChI=1S/C13H23N3/c1-4-5-6-8-13(2,3)10-15-12-7-9-14-11-16-12/h7,9,11H,4-6,8,10H2,1-3H3,(H,14,15,16). The number of hydrogen-bond donors (Lipinski definition) is 1. The maximum atomic E-state index is 4.16. The molecule has 3 nitrogen and oxygen atoms in total. The molecule has 0 atom stereocenters. The van der Waals surface area contributed by atoms with Crippen molar-refractivity contribution in [3.05, 3.63) is 18.6 Å². The number of unbranched alkanes of at least 4 members (excludes halogenated alkanes) is 2. The zero-order valence-corrected chi connectivity index (χ0v) is 10.7. The van der Waals surface area contributed by atoms with Crippen LogP contribution in [0.15, 0.2) is 18.6 Å². The van der Waals surface area contributed by atoms with Crippen LogP contribution in [0.5, 0.6) is 0 Å². The molecule has 0 radical (unpaired) electrons. The van der Waals surface area contributed by atoms with Crippen LogP contribution < -0.4 is 5.32 Å². The van der Waals surface area contributed by atoms with Crippen molar-refractivity contribution in [1.82, 2.24) is 9.97 Å². The first-order valence-electron chi connectivity index (χ1n) is 6.14. The first kappa shape index (κ1) is 12.9. The normalized spacial score (nSPS) is 11.4. The number of nitrogens with zero attached hydrogens (tertiary/aromatic N) is 2. The van der Waals surface area contributed by atoms with Gasteiger partial charge in [0.2, 0.25) is 0 Å². The molecule has 0 spiro atoms. The van der Waals surface area contributed by atoms with Gasteiger partial charge in [-0.25, -0.2) is 9.97 Å². The molecule has 0 aromatic carbocycles. The second-order valence-corrected chi connectivity index (χ2v) is 5.07. The lowest BCUT2D eigenvalue weighted by molar-refractivity contribution is 0.342. The molecule has 0 fully saturated rings. The fraction of sp³-hybridized carbons (Fsp3) is 0.692. The Balaban J connectivity index is 2.30. The minimum atomic E-state index is 0.333. The van der Waals surface area contributed by atoms with Crippen LogP contribution in [-0.4, -0.2) is 16.5 Å². The Morgan fingerprint density at radius 3 is 2.75 bits per heavy atom. The number of aromatic nitrogens is 2. The third-order valence-corrected chi connectivity index (χ3v) is 2.79. The van der Waals surface area contributed by atoms with Gasteiger partial charge in [-0.2, -0.15) is 0 Å². The molecule has 16 heavy (non-hydrogen) atoms. The topological polar surface area (TPSA) is 37.8 Å². The van der Waals surface area contributed by atoms with E-state index in [0.717, 1.165) is 12.4 Å². The molecule has 1 aromatic rings. The van der Waals surface area contributed by atoms with Crippen LogP contribution in [-0.2, 0) is 0 Å². The Labute approximate surface area is 98.7 Å². The molecule has 0 aliphatic heterocycles. The molecule has 0 unspecified atom stereocenters. The van der Waals surface area contributed by atoms with Gasteiger partial charge in [-0.1, -0.05) is 40.0 Å². The molecule has 0 bridgehead atoms. The van der Waals surface area contributed by atoms with Crippen LogP contribution in [0, 0.1) is 5.41 Å². The van der Waals surface area contributed by atoms with Crippen molar-refractivity contribution in [2.24, 2.45) is 5.41 Å². The first-order chi connectivity index (χ1) is 7.64. The van der Waals surface area contributed by atoms with E-state index < -0.39 is 0 Å². The third kappa shape index (κ3) is 5.10. The van der Waals surface area contributed by atoms with Crippen LogP contribution in [0.2, 0.25) is 0 Å². The summed E-state index contributed by atoms with van der Waals surface area (Å²) in [7, 11) is 0. The van der Waals surface area contributed by atoms with Crippen molar-refractivity contribution in [1.29, 1.82) is 0 Å². The van der Waals surface area contributed by atoms with Crippen molar-refractivity contribution in [3.63, 3.8) is 0 Å². The zero-order valence-electron chi connectivity index (χ0n) is 10.7. The van der Waals surface area contributed by atoms with Gasteiger partial charge in [-0.15, -0.1) is 0 Å². The summed E-state index contributed by atoms with van der Waals surface area (Å²) in [5, 5.41) is 3.36. The summed E-state index contributed by atoms with van der Waals surface area (Å²) < 4.78 is 0. The van der Waals surface area contributed by atoms with E-state index in [2.05, 4.69) is 36.1 Å². The second kappa shape index (κ2) is 6.46. The van der Waals surface area contributed by atoms with Gasteiger partial charge in [0.15, 0.2) is 0 Å². The predicted molar refractivity (Wildman–Crippen MR) is 68.4 cm³/mol. The van der Waals surface area contributed by atoms with Crippen LogP contribution in [0.1, 0.15) is 46.5 Å². The molecule has 3 heteroatoms. The summed E-state index contributed by atoms with van der Waals surface area (Å²) in [6.07, 6.45) is 8.53. The highest BCUT2D eigenvalue weighted by molar-refractivity contribution is 5.31. The molecule has 0 aliphatic carbocycles. The van der Waals surface area contributed by atoms with Gasteiger partial charge in [-0.05, 0) is 17.9 Å². The summed E-state index contributed by atoms with van der Waals surface area (Å²) in [6, 6.07) is 1.90. The van der Waals surface area contributed by atoms with Gasteiger partial charge in [0, 0.05) is 12.7 Å². The van der Waals surface area contributed by atoms with Crippen molar-refractivity contribution in [2.75, 3.05) is 11.9 Å². The Bertz CT molecular complexity index is 282. The van der Waals surface area contributed by atoms with E-state index in [0.29, 0.717) is 5.41 Å². The van der Waals surface area contributed by atoms with Crippen molar-refractivity contribution >= 4 is 5.82 Å². The number of rotatable bonds is 7. The molecule has 90 valence electrons. The lowest BCUT2D eigenvalue weighted by atomic mass is 9.87. The van der Waals surface area contributed by atoms with Gasteiger partial charge in [0.05, 0.1) is 0 Å². The zero-order chi connectivity index (χ0) is 11.9. The lowest BCUT2D eigenvalue weighted by Gasteiger charge is -2.25. The maximum Gasteiger partial charge on any atom is 0.129 e. The van der Waals surface area contributed by atoms with Crippen LogP contribution >= 0.6 is 0 Å². The Kier molecular flexibility index (Phi) is 5.23. The summed E-state index contributed by atoms with van der Waals surface area (Å²) >= 11 is 0. The minimum Gasteiger partial charge on any atom is -0.369 e. The number of hydrogen-bond acceptors (Lipinski definition) is 3. The van der Waals surface area contributed by atoms with Crippen LogP contribution in [0.3, 0.4) is 0 Å². The third-order valence-electron chi connectivity index (χ3n) is 2.79. The molecule has 0 aliphatic rings. The maximum absolute atomic E-state index is 4.16. The Morgan fingerprint density at radius 1 is 1.31 bits per heavy atom. The van der Waals surface area contributed by atoms with Gasteiger partial charge >= 0.3 is 0 Å². The first-order valence-corrected chi connectivity index (χ1v) is 6.14. The average Bonchev–Trinajstić information content (AvgIpc) is 2.28. The highest BCUT2D eigenvalue weighted by Gasteiger charge is 2.16. The molecule has 0 saturated heterocycles. The van der Waals surface area contributed by atoms with E-state index in [4.69, 9.17) is 0 Å². The van der Waals surface area contributed by atoms with Gasteiger partial charge in [0.1, 0.15) is 12.1 Å². The molecule has 0 amide bonds. The van der Waals surface area contributed by atoms with Crippen LogP contribution in [0.4, 0.5) is 5.82 Å². The highest BCUT2D eigenvalue weighted by Crippen LogP contribution is 2.23. The Hall–Kier alpha value is -1.12. The van der Waals surface area contributed by atoms with Crippen molar-refractivity contribution in [2.45, 2.75) is 46.5 Å². The van der Waals surface area contributed by atoms with E-state index in [-0.39, 0.29) is 0 Å². The number of nitrogens with one attached hydrogen (secondary N) is 1. The van der Waals surface area contributed by atoms with Crippen molar-refractivity contribution < 1.29 is 0 Å². The SMILES string of the molecule is CCCCCC(C)(C)CNc1ccncn1. The Morgan fingerprint density at radius 2 is 2.12 bits per heavy atom. The fourth-order valence-electron chi connectivity index (χ4n) is 1.67. The van der Waals surface area contributed by atoms with Crippen LogP contribution in [0.25, 0.3) is 0 Å². The molecule has 1 heterocycles. The van der Waals surface area contributed by atoms with Crippen molar-refractivity contribution in [3.8, 4) is 0 Å². The molecule has 1 aromatic heterocycles. The van der Waals surface area contributed by atoms with E-state index in [9.17, 15) is 0 Å². The van der Waals surface area contributed by atoms with Gasteiger partial charge in [0.25, 0.3) is 0 Å². The molecule has 0 saturated carbocycles. The van der Waals surface area contributed by atoms with E-state index >= 15 is 0 Å².